The Morgan fingerprint density at radius 3 is 2.48 bits per heavy atom. The van der Waals surface area contributed by atoms with Crippen LogP contribution in [0.1, 0.15) is 10.4 Å². The normalized spacial score (nSPS) is 11.1. The van der Waals surface area contributed by atoms with E-state index in [1.165, 1.54) is 0 Å². The Bertz CT molecular complexity index is 576. The summed E-state index contributed by atoms with van der Waals surface area (Å²) in [5.74, 6) is 2.57. The Morgan fingerprint density at radius 1 is 1.48 bits per heavy atom. The Balaban J connectivity index is 3.27. The predicted octanol–water partition coefficient (Wildman–Crippen LogP) is 1.65. The molecule has 0 aliphatic heterocycles. The van der Waals surface area contributed by atoms with Crippen LogP contribution in [-0.4, -0.2) is 35.5 Å². The van der Waals surface area contributed by atoms with Crippen molar-refractivity contribution in [2.75, 3.05) is 19.0 Å². The summed E-state index contributed by atoms with van der Waals surface area (Å²) in [5, 5.41) is 10.8. The lowest BCUT2D eigenvalue weighted by Crippen LogP contribution is -2.36. The highest BCUT2D eigenvalue weighted by molar-refractivity contribution is 5.99. The van der Waals surface area contributed by atoms with Gasteiger partial charge in [-0.1, -0.05) is 0 Å². The van der Waals surface area contributed by atoms with Gasteiger partial charge in [-0.25, -0.2) is 4.39 Å². The molecule has 0 fully saturated rings. The average Bonchev–Trinajstić information content (AvgIpc) is 2.35. The van der Waals surface area contributed by atoms with Crippen molar-refractivity contribution >= 4 is 17.3 Å². The third-order valence-corrected chi connectivity index (χ3v) is 2.43. The van der Waals surface area contributed by atoms with E-state index in [1.54, 1.807) is 0 Å². The van der Waals surface area contributed by atoms with Crippen molar-refractivity contribution < 1.29 is 27.3 Å². The Kier molecular flexibility index (Phi) is 4.68. The summed E-state index contributed by atoms with van der Waals surface area (Å²) < 4.78 is 50.1. The van der Waals surface area contributed by atoms with Crippen LogP contribution in [0.15, 0.2) is 12.1 Å². The summed E-state index contributed by atoms with van der Waals surface area (Å²) in [7, 11) is 0.818. The summed E-state index contributed by atoms with van der Waals surface area (Å²) in [6.45, 7) is -1.61. The topological polar surface area (TPSA) is 102 Å². The second-order valence-corrected chi connectivity index (χ2v) is 4.03. The van der Waals surface area contributed by atoms with Crippen LogP contribution in [0.5, 0.6) is 0 Å². The van der Waals surface area contributed by atoms with E-state index in [0.717, 1.165) is 7.05 Å². The van der Waals surface area contributed by atoms with Crippen molar-refractivity contribution in [3.05, 3.63) is 33.6 Å². The first-order valence-corrected chi connectivity index (χ1v) is 5.33. The van der Waals surface area contributed by atoms with Gasteiger partial charge in [-0.3, -0.25) is 20.8 Å². The van der Waals surface area contributed by atoms with E-state index in [4.69, 9.17) is 5.84 Å². The fourth-order valence-corrected chi connectivity index (χ4v) is 1.54. The first-order valence-electron chi connectivity index (χ1n) is 5.33. The van der Waals surface area contributed by atoms with Gasteiger partial charge < -0.3 is 10.3 Å². The van der Waals surface area contributed by atoms with Crippen LogP contribution in [0.2, 0.25) is 0 Å². The number of halogens is 4. The molecule has 1 amide bonds. The minimum Gasteiger partial charge on any atom is -0.332 e. The lowest BCUT2D eigenvalue weighted by Gasteiger charge is -2.19. The molecule has 0 saturated carbocycles. The Morgan fingerprint density at radius 2 is 2.05 bits per heavy atom. The number of nitro benzene ring substituents is 1. The van der Waals surface area contributed by atoms with Gasteiger partial charge in [-0.05, 0) is 6.07 Å². The van der Waals surface area contributed by atoms with Crippen LogP contribution < -0.4 is 11.3 Å². The van der Waals surface area contributed by atoms with Gasteiger partial charge in [0.25, 0.3) is 11.6 Å². The second kappa shape index (κ2) is 5.91. The minimum absolute atomic E-state index is 0.237. The van der Waals surface area contributed by atoms with Gasteiger partial charge in [0.05, 0.1) is 16.7 Å². The third-order valence-electron chi connectivity index (χ3n) is 2.43. The van der Waals surface area contributed by atoms with E-state index >= 15 is 0 Å². The number of alkyl halides is 3. The van der Waals surface area contributed by atoms with Crippen LogP contribution in [-0.2, 0) is 0 Å². The summed E-state index contributed by atoms with van der Waals surface area (Å²) in [6.07, 6.45) is -4.67. The van der Waals surface area contributed by atoms with Crippen molar-refractivity contribution in [1.82, 2.24) is 4.90 Å². The minimum atomic E-state index is -4.67. The van der Waals surface area contributed by atoms with Crippen LogP contribution in [0.4, 0.5) is 28.9 Å². The molecule has 21 heavy (non-hydrogen) atoms. The van der Waals surface area contributed by atoms with Crippen LogP contribution in [0, 0.1) is 15.9 Å². The molecule has 0 aliphatic rings. The number of hydrogen-bond acceptors (Lipinski definition) is 5. The third kappa shape index (κ3) is 4.02. The number of nitrogens with zero attached hydrogens (tertiary/aromatic N) is 2. The van der Waals surface area contributed by atoms with E-state index in [0.29, 0.717) is 12.1 Å². The number of nitro groups is 1. The van der Waals surface area contributed by atoms with Gasteiger partial charge in [-0.2, -0.15) is 13.2 Å². The molecule has 0 radical (unpaired) electrons. The molecule has 1 rings (SSSR count). The number of nitrogens with two attached hydrogens (primary N) is 1. The molecular formula is C10H10F4N4O3. The number of carbonyl (C=O) groups excluding carboxylic acids is 1. The highest BCUT2D eigenvalue weighted by atomic mass is 19.4. The summed E-state index contributed by atoms with van der Waals surface area (Å²) in [5.41, 5.74) is -0.262. The molecule has 7 nitrogen and oxygen atoms in total. The number of nitrogen functional groups attached to an aromatic ring is 1. The number of hydrazine groups is 1. The number of amides is 1. The molecule has 0 aromatic heterocycles. The summed E-state index contributed by atoms with van der Waals surface area (Å²) >= 11 is 0. The summed E-state index contributed by atoms with van der Waals surface area (Å²) in [4.78, 5) is 21.8. The molecule has 116 valence electrons. The van der Waals surface area contributed by atoms with Gasteiger partial charge in [0.2, 0.25) is 0 Å². The molecule has 0 heterocycles. The molecule has 1 aromatic rings. The maximum absolute atomic E-state index is 13.4. The molecule has 1 aromatic carbocycles. The Hall–Kier alpha value is -2.43. The van der Waals surface area contributed by atoms with Crippen molar-refractivity contribution in [2.24, 2.45) is 5.84 Å². The monoisotopic (exact) mass is 310 g/mol. The predicted molar refractivity (Wildman–Crippen MR) is 63.9 cm³/mol. The number of nitrogens with one attached hydrogen (secondary N) is 1. The molecular weight excluding hydrogens is 300 g/mol. The van der Waals surface area contributed by atoms with Gasteiger partial charge >= 0.3 is 6.18 Å². The molecule has 3 N–H and O–H groups in total. The van der Waals surface area contributed by atoms with Crippen molar-refractivity contribution in [3.8, 4) is 0 Å². The van der Waals surface area contributed by atoms with Crippen LogP contribution in [0.25, 0.3) is 0 Å². The molecule has 0 aliphatic carbocycles. The van der Waals surface area contributed by atoms with Gasteiger partial charge in [-0.15, -0.1) is 0 Å². The number of anilines is 1. The highest BCUT2D eigenvalue weighted by Gasteiger charge is 2.34. The van der Waals surface area contributed by atoms with Crippen LogP contribution >= 0.6 is 0 Å². The highest BCUT2D eigenvalue weighted by Crippen LogP contribution is 2.27. The van der Waals surface area contributed by atoms with Gasteiger partial charge in [0, 0.05) is 7.05 Å². The maximum atomic E-state index is 13.4. The van der Waals surface area contributed by atoms with Gasteiger partial charge in [0.15, 0.2) is 5.82 Å². The van der Waals surface area contributed by atoms with E-state index in [1.807, 2.05) is 5.43 Å². The number of carbonyl (C=O) groups is 1. The first-order chi connectivity index (χ1) is 9.56. The van der Waals surface area contributed by atoms with Crippen molar-refractivity contribution in [2.45, 2.75) is 6.18 Å². The van der Waals surface area contributed by atoms with Crippen molar-refractivity contribution in [1.29, 1.82) is 0 Å². The fourth-order valence-electron chi connectivity index (χ4n) is 1.54. The quantitative estimate of drug-likeness (QED) is 0.381. The zero-order chi connectivity index (χ0) is 16.4. The average molecular weight is 310 g/mol. The number of benzene rings is 1. The standard InChI is InChI=1S/C10H10F4N4O3/c1-17(4-10(12,13)14)9(19)5-2-7(16-15)6(11)3-8(5)18(20)21/h2-3,16H,4,15H2,1H3. The molecule has 0 unspecified atom stereocenters. The molecule has 11 heteroatoms. The number of hydrogen-bond donors (Lipinski definition) is 2. The van der Waals surface area contributed by atoms with E-state index in [2.05, 4.69) is 0 Å². The largest absolute Gasteiger partial charge is 0.406 e. The molecule has 0 atom stereocenters. The van der Waals surface area contributed by atoms with Crippen molar-refractivity contribution in [3.63, 3.8) is 0 Å². The summed E-state index contributed by atoms with van der Waals surface area (Å²) in [6, 6.07) is 1.09. The van der Waals surface area contributed by atoms with E-state index in [-0.39, 0.29) is 4.90 Å². The molecule has 0 saturated heterocycles. The lowest BCUT2D eigenvalue weighted by molar-refractivity contribution is -0.385. The lowest BCUT2D eigenvalue weighted by atomic mass is 10.1. The van der Waals surface area contributed by atoms with Crippen LogP contribution in [0.3, 0.4) is 0 Å². The fraction of sp³-hybridized carbons (Fsp3) is 0.300. The zero-order valence-electron chi connectivity index (χ0n) is 10.6. The number of rotatable bonds is 4. The van der Waals surface area contributed by atoms with E-state index < -0.39 is 46.3 Å². The maximum Gasteiger partial charge on any atom is 0.406 e. The zero-order valence-corrected chi connectivity index (χ0v) is 10.6. The Labute approximate surface area is 115 Å². The molecule has 0 bridgehead atoms. The SMILES string of the molecule is CN(CC(F)(F)F)C(=O)c1cc(NN)c(F)cc1[N+](=O)[O-]. The molecule has 0 spiro atoms. The smallest absolute Gasteiger partial charge is 0.332 e. The first kappa shape index (κ1) is 16.6. The van der Waals surface area contributed by atoms with E-state index in [9.17, 15) is 32.5 Å². The van der Waals surface area contributed by atoms with Gasteiger partial charge in [0.1, 0.15) is 12.1 Å². The second-order valence-electron chi connectivity index (χ2n) is 4.03.